The van der Waals surface area contributed by atoms with Crippen molar-refractivity contribution in [3.05, 3.63) is 35.6 Å². The third-order valence-corrected chi connectivity index (χ3v) is 3.34. The van der Waals surface area contributed by atoms with Crippen molar-refractivity contribution in [2.45, 2.75) is 37.8 Å². The van der Waals surface area contributed by atoms with Gasteiger partial charge in [0.2, 0.25) is 0 Å². The summed E-state index contributed by atoms with van der Waals surface area (Å²) in [6.45, 7) is 3.28. The molecular formula is C14H19FN2O2. The Hall–Kier alpha value is -1.62. The molecule has 0 bridgehead atoms. The molecule has 0 spiro atoms. The van der Waals surface area contributed by atoms with E-state index < -0.39 is 11.1 Å². The summed E-state index contributed by atoms with van der Waals surface area (Å²) in [4.78, 5) is 11.9. The van der Waals surface area contributed by atoms with Crippen LogP contribution < -0.4 is 10.6 Å². The molecule has 0 atom stereocenters. The highest BCUT2D eigenvalue weighted by Gasteiger charge is 2.47. The van der Waals surface area contributed by atoms with Crippen molar-refractivity contribution in [1.82, 2.24) is 10.6 Å². The Balaban J connectivity index is 2.07. The van der Waals surface area contributed by atoms with Crippen LogP contribution in [0.3, 0.4) is 0 Å². The van der Waals surface area contributed by atoms with E-state index in [1.165, 1.54) is 6.07 Å². The van der Waals surface area contributed by atoms with Gasteiger partial charge in [-0.05, 0) is 32.8 Å². The standard InChI is InChI=1S/C14H19FN2O2/c1-13(2,9-18)16-12(19)17-14(7-8-14)10-5-3-4-6-11(10)15/h3-6,18H,7-9H2,1-2H3,(H2,16,17,19). The number of hydrogen-bond donors (Lipinski definition) is 3. The smallest absolute Gasteiger partial charge is 0.315 e. The number of urea groups is 1. The first-order valence-corrected chi connectivity index (χ1v) is 6.35. The molecule has 0 aromatic heterocycles. The third-order valence-electron chi connectivity index (χ3n) is 3.34. The predicted octanol–water partition coefficient (Wildman–Crippen LogP) is 1.88. The van der Waals surface area contributed by atoms with Gasteiger partial charge in [0.05, 0.1) is 17.7 Å². The van der Waals surface area contributed by atoms with Crippen molar-refractivity contribution < 1.29 is 14.3 Å². The number of rotatable bonds is 4. The molecule has 0 radical (unpaired) electrons. The Morgan fingerprint density at radius 2 is 2.05 bits per heavy atom. The minimum atomic E-state index is -0.699. The molecule has 5 heteroatoms. The fourth-order valence-electron chi connectivity index (χ4n) is 2.03. The normalized spacial score (nSPS) is 16.8. The highest BCUT2D eigenvalue weighted by molar-refractivity contribution is 5.76. The van der Waals surface area contributed by atoms with Crippen molar-refractivity contribution in [1.29, 1.82) is 0 Å². The van der Waals surface area contributed by atoms with Crippen molar-refractivity contribution in [2.75, 3.05) is 6.61 Å². The van der Waals surface area contributed by atoms with Crippen LogP contribution in [0, 0.1) is 5.82 Å². The fourth-order valence-corrected chi connectivity index (χ4v) is 2.03. The molecular weight excluding hydrogens is 247 g/mol. The first-order valence-electron chi connectivity index (χ1n) is 6.35. The second-order valence-corrected chi connectivity index (χ2v) is 5.68. The number of halogens is 1. The second-order valence-electron chi connectivity index (χ2n) is 5.68. The van der Waals surface area contributed by atoms with E-state index in [0.717, 1.165) is 12.8 Å². The lowest BCUT2D eigenvalue weighted by Gasteiger charge is -2.26. The van der Waals surface area contributed by atoms with Gasteiger partial charge < -0.3 is 15.7 Å². The minimum absolute atomic E-state index is 0.160. The SMILES string of the molecule is CC(C)(CO)NC(=O)NC1(c2ccccc2F)CC1. The summed E-state index contributed by atoms with van der Waals surface area (Å²) in [5, 5.41) is 14.6. The first-order chi connectivity index (χ1) is 8.88. The molecule has 0 heterocycles. The van der Waals surface area contributed by atoms with Gasteiger partial charge in [-0.3, -0.25) is 0 Å². The average Bonchev–Trinajstić information content (AvgIpc) is 3.09. The molecule has 19 heavy (non-hydrogen) atoms. The zero-order valence-corrected chi connectivity index (χ0v) is 11.2. The van der Waals surface area contributed by atoms with Gasteiger partial charge in [-0.25, -0.2) is 9.18 Å². The number of nitrogens with one attached hydrogen (secondary N) is 2. The zero-order chi connectivity index (χ0) is 14.1. The van der Waals surface area contributed by atoms with Crippen LogP contribution in [-0.2, 0) is 5.54 Å². The summed E-state index contributed by atoms with van der Waals surface area (Å²) < 4.78 is 13.8. The molecule has 104 valence electrons. The number of carbonyl (C=O) groups is 1. The van der Waals surface area contributed by atoms with E-state index in [1.54, 1.807) is 32.0 Å². The van der Waals surface area contributed by atoms with E-state index in [2.05, 4.69) is 10.6 Å². The Morgan fingerprint density at radius 3 is 2.58 bits per heavy atom. The Morgan fingerprint density at radius 1 is 1.42 bits per heavy atom. The first kappa shape index (κ1) is 13.8. The summed E-state index contributed by atoms with van der Waals surface area (Å²) in [5.41, 5.74) is -0.775. The van der Waals surface area contributed by atoms with Crippen LogP contribution in [-0.4, -0.2) is 23.3 Å². The summed E-state index contributed by atoms with van der Waals surface area (Å²) >= 11 is 0. The molecule has 0 saturated heterocycles. The van der Waals surface area contributed by atoms with Crippen molar-refractivity contribution in [3.8, 4) is 0 Å². The number of aliphatic hydroxyl groups excluding tert-OH is 1. The fraction of sp³-hybridized carbons (Fsp3) is 0.500. The number of amides is 2. The molecule has 1 aromatic carbocycles. The van der Waals surface area contributed by atoms with E-state index in [4.69, 9.17) is 5.11 Å². The van der Waals surface area contributed by atoms with Gasteiger partial charge in [0.25, 0.3) is 0 Å². The maximum absolute atomic E-state index is 13.8. The maximum Gasteiger partial charge on any atom is 0.315 e. The van der Waals surface area contributed by atoms with Gasteiger partial charge in [-0.1, -0.05) is 18.2 Å². The van der Waals surface area contributed by atoms with Crippen molar-refractivity contribution >= 4 is 6.03 Å². The van der Waals surface area contributed by atoms with E-state index in [-0.39, 0.29) is 18.5 Å². The minimum Gasteiger partial charge on any atom is -0.394 e. The van der Waals surface area contributed by atoms with Crippen LogP contribution in [0.2, 0.25) is 0 Å². The largest absolute Gasteiger partial charge is 0.394 e. The molecule has 4 nitrogen and oxygen atoms in total. The Labute approximate surface area is 112 Å². The number of aliphatic hydroxyl groups is 1. The number of benzene rings is 1. The van der Waals surface area contributed by atoms with E-state index in [1.807, 2.05) is 0 Å². The van der Waals surface area contributed by atoms with Gasteiger partial charge >= 0.3 is 6.03 Å². The van der Waals surface area contributed by atoms with Gasteiger partial charge in [0.1, 0.15) is 5.82 Å². The average molecular weight is 266 g/mol. The van der Waals surface area contributed by atoms with E-state index in [0.29, 0.717) is 5.56 Å². The maximum atomic E-state index is 13.8. The highest BCUT2D eigenvalue weighted by atomic mass is 19.1. The molecule has 1 aromatic rings. The lowest BCUT2D eigenvalue weighted by molar-refractivity contribution is 0.179. The lowest BCUT2D eigenvalue weighted by atomic mass is 10.0. The molecule has 1 fully saturated rings. The second kappa shape index (κ2) is 4.81. The Kier molecular flexibility index (Phi) is 3.49. The summed E-state index contributed by atoms with van der Waals surface area (Å²) in [6, 6.07) is 6.09. The quantitative estimate of drug-likeness (QED) is 0.779. The molecule has 2 rings (SSSR count). The van der Waals surface area contributed by atoms with Crippen LogP contribution in [0.25, 0.3) is 0 Å². The van der Waals surface area contributed by atoms with Gasteiger partial charge in [-0.15, -0.1) is 0 Å². The predicted molar refractivity (Wildman–Crippen MR) is 70.1 cm³/mol. The number of hydrogen-bond acceptors (Lipinski definition) is 2. The molecule has 1 aliphatic rings. The third kappa shape index (κ3) is 3.04. The summed E-state index contributed by atoms with van der Waals surface area (Å²) in [7, 11) is 0. The van der Waals surface area contributed by atoms with Crippen LogP contribution in [0.15, 0.2) is 24.3 Å². The number of carbonyl (C=O) groups excluding carboxylic acids is 1. The topological polar surface area (TPSA) is 61.4 Å². The summed E-state index contributed by atoms with van der Waals surface area (Å²) in [5.74, 6) is -0.304. The van der Waals surface area contributed by atoms with Gasteiger partial charge in [0.15, 0.2) is 0 Å². The van der Waals surface area contributed by atoms with Crippen LogP contribution in [0.5, 0.6) is 0 Å². The van der Waals surface area contributed by atoms with E-state index in [9.17, 15) is 9.18 Å². The lowest BCUT2D eigenvalue weighted by Crippen LogP contribution is -2.52. The molecule has 0 unspecified atom stereocenters. The molecule has 2 amide bonds. The van der Waals surface area contributed by atoms with Gasteiger partial charge in [0, 0.05) is 5.56 Å². The van der Waals surface area contributed by atoms with Crippen LogP contribution >= 0.6 is 0 Å². The van der Waals surface area contributed by atoms with Crippen LogP contribution in [0.4, 0.5) is 9.18 Å². The van der Waals surface area contributed by atoms with Crippen LogP contribution in [0.1, 0.15) is 32.3 Å². The monoisotopic (exact) mass is 266 g/mol. The molecule has 1 aliphatic carbocycles. The molecule has 0 aliphatic heterocycles. The Bertz CT molecular complexity index is 484. The molecule has 3 N–H and O–H groups in total. The van der Waals surface area contributed by atoms with Crippen molar-refractivity contribution in [2.24, 2.45) is 0 Å². The zero-order valence-electron chi connectivity index (χ0n) is 11.2. The summed E-state index contributed by atoms with van der Waals surface area (Å²) in [6.07, 6.45) is 1.45. The van der Waals surface area contributed by atoms with E-state index >= 15 is 0 Å². The van der Waals surface area contributed by atoms with Gasteiger partial charge in [-0.2, -0.15) is 0 Å². The molecule has 1 saturated carbocycles. The highest BCUT2D eigenvalue weighted by Crippen LogP contribution is 2.46. The van der Waals surface area contributed by atoms with Crippen molar-refractivity contribution in [3.63, 3.8) is 0 Å².